The molecule has 96 valence electrons. The van der Waals surface area contributed by atoms with Gasteiger partial charge in [0.1, 0.15) is 5.82 Å². The molecule has 3 heteroatoms. The fourth-order valence-electron chi connectivity index (χ4n) is 2.46. The van der Waals surface area contributed by atoms with Gasteiger partial charge in [-0.15, -0.1) is 11.6 Å². The fraction of sp³-hybridized carbons (Fsp3) is 0.188. The topological polar surface area (TPSA) is 17.8 Å². The highest BCUT2D eigenvalue weighted by Gasteiger charge is 2.13. The summed E-state index contributed by atoms with van der Waals surface area (Å²) in [6.07, 6.45) is 0.990. The quantitative estimate of drug-likeness (QED) is 0.648. The van der Waals surface area contributed by atoms with Crippen LogP contribution < -0.4 is 0 Å². The van der Waals surface area contributed by atoms with Crippen molar-refractivity contribution >= 4 is 22.6 Å². The van der Waals surface area contributed by atoms with Gasteiger partial charge >= 0.3 is 0 Å². The van der Waals surface area contributed by atoms with Crippen LogP contribution in [-0.2, 0) is 12.3 Å². The predicted molar refractivity (Wildman–Crippen MR) is 80.0 cm³/mol. The van der Waals surface area contributed by atoms with Gasteiger partial charge in [0.05, 0.1) is 22.6 Å². The third kappa shape index (κ3) is 2.02. The Morgan fingerprint density at radius 2 is 1.79 bits per heavy atom. The van der Waals surface area contributed by atoms with E-state index in [0.717, 1.165) is 23.3 Å². The first kappa shape index (κ1) is 12.2. The molecule has 0 unspecified atom stereocenters. The lowest BCUT2D eigenvalue weighted by molar-refractivity contribution is 0.955. The summed E-state index contributed by atoms with van der Waals surface area (Å²) >= 11 is 6.07. The van der Waals surface area contributed by atoms with Gasteiger partial charge in [-0.2, -0.15) is 0 Å². The standard InChI is InChI=1S/C16H15ClN2/c1-2-12-7-3-5-9-14(12)19-15-10-6-4-8-13(15)18-16(19)11-17/h3-10H,2,11H2,1H3. The minimum absolute atomic E-state index is 0.409. The SMILES string of the molecule is CCc1ccccc1-n1c(CCl)nc2ccccc21. The first-order valence-electron chi connectivity index (χ1n) is 6.45. The zero-order chi connectivity index (χ0) is 13.2. The maximum Gasteiger partial charge on any atom is 0.129 e. The lowest BCUT2D eigenvalue weighted by Crippen LogP contribution is -2.02. The molecule has 1 heterocycles. The van der Waals surface area contributed by atoms with Gasteiger partial charge < -0.3 is 0 Å². The number of nitrogens with zero attached hydrogens (tertiary/aromatic N) is 2. The van der Waals surface area contributed by atoms with Crippen molar-refractivity contribution in [1.82, 2.24) is 9.55 Å². The number of hydrogen-bond donors (Lipinski definition) is 0. The molecule has 0 aliphatic carbocycles. The third-order valence-electron chi connectivity index (χ3n) is 3.36. The van der Waals surface area contributed by atoms with Crippen molar-refractivity contribution in [2.45, 2.75) is 19.2 Å². The number of para-hydroxylation sites is 3. The summed E-state index contributed by atoms with van der Waals surface area (Å²) < 4.78 is 2.17. The summed E-state index contributed by atoms with van der Waals surface area (Å²) in [4.78, 5) is 4.61. The molecule has 0 saturated carbocycles. The number of imidazole rings is 1. The van der Waals surface area contributed by atoms with E-state index in [9.17, 15) is 0 Å². The van der Waals surface area contributed by atoms with Crippen molar-refractivity contribution in [3.8, 4) is 5.69 Å². The van der Waals surface area contributed by atoms with E-state index in [1.54, 1.807) is 0 Å². The smallest absolute Gasteiger partial charge is 0.129 e. The Kier molecular flexibility index (Phi) is 3.26. The van der Waals surface area contributed by atoms with E-state index in [1.165, 1.54) is 11.3 Å². The second-order valence-corrected chi connectivity index (χ2v) is 4.74. The Labute approximate surface area is 117 Å². The Balaban J connectivity index is 2.34. The van der Waals surface area contributed by atoms with Crippen LogP contribution in [0.25, 0.3) is 16.7 Å². The Morgan fingerprint density at radius 1 is 1.05 bits per heavy atom. The molecule has 0 spiro atoms. The molecule has 2 nitrogen and oxygen atoms in total. The highest BCUT2D eigenvalue weighted by atomic mass is 35.5. The van der Waals surface area contributed by atoms with Gasteiger partial charge in [-0.1, -0.05) is 37.3 Å². The molecule has 0 amide bonds. The van der Waals surface area contributed by atoms with Gasteiger partial charge in [-0.3, -0.25) is 4.57 Å². The number of rotatable bonds is 3. The zero-order valence-corrected chi connectivity index (χ0v) is 11.6. The number of hydrogen-bond acceptors (Lipinski definition) is 1. The molecule has 0 atom stereocenters. The van der Waals surface area contributed by atoms with Gasteiger partial charge in [0, 0.05) is 0 Å². The average molecular weight is 271 g/mol. The number of aromatic nitrogens is 2. The minimum atomic E-state index is 0.409. The van der Waals surface area contributed by atoms with E-state index < -0.39 is 0 Å². The van der Waals surface area contributed by atoms with Crippen LogP contribution in [0.15, 0.2) is 48.5 Å². The van der Waals surface area contributed by atoms with Crippen LogP contribution in [0.1, 0.15) is 18.3 Å². The van der Waals surface area contributed by atoms with E-state index in [0.29, 0.717) is 5.88 Å². The van der Waals surface area contributed by atoms with Crippen LogP contribution in [0, 0.1) is 0 Å². The van der Waals surface area contributed by atoms with Gasteiger partial charge in [-0.25, -0.2) is 4.98 Å². The average Bonchev–Trinajstić information content (AvgIpc) is 2.85. The highest BCUT2D eigenvalue weighted by Crippen LogP contribution is 2.25. The van der Waals surface area contributed by atoms with Crippen LogP contribution in [0.5, 0.6) is 0 Å². The van der Waals surface area contributed by atoms with Crippen LogP contribution in [-0.4, -0.2) is 9.55 Å². The Morgan fingerprint density at radius 3 is 2.58 bits per heavy atom. The Bertz CT molecular complexity index is 716. The van der Waals surface area contributed by atoms with Crippen LogP contribution >= 0.6 is 11.6 Å². The number of halogens is 1. The van der Waals surface area contributed by atoms with Crippen molar-refractivity contribution in [3.05, 3.63) is 59.9 Å². The lowest BCUT2D eigenvalue weighted by atomic mass is 10.1. The molecule has 0 fully saturated rings. The molecule has 2 aromatic carbocycles. The molecular formula is C16H15ClN2. The summed E-state index contributed by atoms with van der Waals surface area (Å²) in [6, 6.07) is 16.6. The molecule has 3 rings (SSSR count). The summed E-state index contributed by atoms with van der Waals surface area (Å²) in [5, 5.41) is 0. The fourth-order valence-corrected chi connectivity index (χ4v) is 2.64. The van der Waals surface area contributed by atoms with Crippen LogP contribution in [0.2, 0.25) is 0 Å². The summed E-state index contributed by atoms with van der Waals surface area (Å²) in [7, 11) is 0. The summed E-state index contributed by atoms with van der Waals surface area (Å²) in [6.45, 7) is 2.17. The minimum Gasteiger partial charge on any atom is -0.295 e. The Hall–Kier alpha value is -1.80. The number of benzene rings is 2. The molecule has 3 aromatic rings. The van der Waals surface area contributed by atoms with Crippen molar-refractivity contribution in [2.75, 3.05) is 0 Å². The lowest BCUT2D eigenvalue weighted by Gasteiger charge is -2.12. The maximum atomic E-state index is 6.07. The first-order chi connectivity index (χ1) is 9.35. The molecule has 1 aromatic heterocycles. The summed E-state index contributed by atoms with van der Waals surface area (Å²) in [5.74, 6) is 1.30. The number of alkyl halides is 1. The molecule has 0 saturated heterocycles. The largest absolute Gasteiger partial charge is 0.295 e. The number of aryl methyl sites for hydroxylation is 1. The van der Waals surface area contributed by atoms with Crippen LogP contribution in [0.3, 0.4) is 0 Å². The van der Waals surface area contributed by atoms with Crippen LogP contribution in [0.4, 0.5) is 0 Å². The van der Waals surface area contributed by atoms with Crippen molar-refractivity contribution in [1.29, 1.82) is 0 Å². The second kappa shape index (κ2) is 5.06. The molecule has 0 aliphatic rings. The van der Waals surface area contributed by atoms with Gasteiger partial charge in [0.25, 0.3) is 0 Å². The van der Waals surface area contributed by atoms with Crippen molar-refractivity contribution < 1.29 is 0 Å². The molecular weight excluding hydrogens is 256 g/mol. The van der Waals surface area contributed by atoms with Gasteiger partial charge in [0.2, 0.25) is 0 Å². The van der Waals surface area contributed by atoms with Gasteiger partial charge in [-0.05, 0) is 30.2 Å². The van der Waals surface area contributed by atoms with E-state index in [-0.39, 0.29) is 0 Å². The van der Waals surface area contributed by atoms with Crippen molar-refractivity contribution in [3.63, 3.8) is 0 Å². The molecule has 19 heavy (non-hydrogen) atoms. The van der Waals surface area contributed by atoms with Gasteiger partial charge in [0.15, 0.2) is 0 Å². The van der Waals surface area contributed by atoms with E-state index in [2.05, 4.69) is 46.8 Å². The third-order valence-corrected chi connectivity index (χ3v) is 3.60. The molecule has 0 bridgehead atoms. The monoisotopic (exact) mass is 270 g/mol. The van der Waals surface area contributed by atoms with E-state index in [1.807, 2.05) is 18.2 Å². The van der Waals surface area contributed by atoms with E-state index in [4.69, 9.17) is 11.6 Å². The number of fused-ring (bicyclic) bond motifs is 1. The van der Waals surface area contributed by atoms with E-state index >= 15 is 0 Å². The maximum absolute atomic E-state index is 6.07. The first-order valence-corrected chi connectivity index (χ1v) is 6.99. The highest BCUT2D eigenvalue weighted by molar-refractivity contribution is 6.17. The van der Waals surface area contributed by atoms with Crippen molar-refractivity contribution in [2.24, 2.45) is 0 Å². The summed E-state index contributed by atoms with van der Waals surface area (Å²) in [5.41, 5.74) is 4.58. The predicted octanol–water partition coefficient (Wildman–Crippen LogP) is 4.33. The molecule has 0 N–H and O–H groups in total. The zero-order valence-electron chi connectivity index (χ0n) is 10.8. The molecule has 0 radical (unpaired) electrons. The second-order valence-electron chi connectivity index (χ2n) is 4.47. The normalized spacial score (nSPS) is 11.1. The molecule has 0 aliphatic heterocycles.